The minimum Gasteiger partial charge on any atom is -0.397 e. The highest BCUT2D eigenvalue weighted by Crippen LogP contribution is 2.34. The van der Waals surface area contributed by atoms with Gasteiger partial charge >= 0.3 is 0 Å². The molecule has 1 heterocycles. The normalized spacial score (nSPS) is 13.7. The Morgan fingerprint density at radius 3 is 2.84 bits per heavy atom. The number of benzene rings is 2. The van der Waals surface area contributed by atoms with Gasteiger partial charge in [-0.1, -0.05) is 12.1 Å². The molecule has 2 aromatic rings. The van der Waals surface area contributed by atoms with Gasteiger partial charge in [-0.3, -0.25) is 0 Å². The second kappa shape index (κ2) is 4.53. The van der Waals surface area contributed by atoms with E-state index in [0.717, 1.165) is 36.3 Å². The molecule has 0 bridgehead atoms. The molecule has 3 rings (SSSR count). The van der Waals surface area contributed by atoms with Crippen molar-refractivity contribution in [1.82, 2.24) is 0 Å². The van der Waals surface area contributed by atoms with Crippen LogP contribution in [0, 0.1) is 11.6 Å². The van der Waals surface area contributed by atoms with Crippen molar-refractivity contribution in [3.8, 4) is 0 Å². The maximum atomic E-state index is 13.7. The topological polar surface area (TPSA) is 29.3 Å². The van der Waals surface area contributed by atoms with Crippen LogP contribution in [0.4, 0.5) is 20.2 Å². The van der Waals surface area contributed by atoms with E-state index >= 15 is 0 Å². The standard InChI is InChI=1S/C15H14F2N2/c16-12-4-5-13(17)11(8-12)9-19-7-6-10-2-1-3-14(18)15(10)19/h1-5,8H,6-7,9,18H2. The number of fused-ring (bicyclic) bond motifs is 1. The third-order valence-electron chi connectivity index (χ3n) is 3.49. The zero-order chi connectivity index (χ0) is 13.4. The Kier molecular flexibility index (Phi) is 2.85. The molecule has 0 saturated heterocycles. The summed E-state index contributed by atoms with van der Waals surface area (Å²) in [6.45, 7) is 1.12. The second-order valence-corrected chi connectivity index (χ2v) is 4.76. The Balaban J connectivity index is 1.93. The maximum absolute atomic E-state index is 13.7. The monoisotopic (exact) mass is 260 g/mol. The zero-order valence-corrected chi connectivity index (χ0v) is 10.4. The lowest BCUT2D eigenvalue weighted by molar-refractivity contribution is 0.582. The Bertz CT molecular complexity index is 626. The summed E-state index contributed by atoms with van der Waals surface area (Å²) >= 11 is 0. The molecule has 0 saturated carbocycles. The van der Waals surface area contributed by atoms with Crippen LogP contribution in [0.25, 0.3) is 0 Å². The van der Waals surface area contributed by atoms with Gasteiger partial charge in [0.05, 0.1) is 11.4 Å². The van der Waals surface area contributed by atoms with Gasteiger partial charge in [0.25, 0.3) is 0 Å². The number of hydrogen-bond acceptors (Lipinski definition) is 2. The summed E-state index contributed by atoms with van der Waals surface area (Å²) in [5.41, 5.74) is 9.13. The molecule has 1 aliphatic rings. The molecule has 0 unspecified atom stereocenters. The van der Waals surface area contributed by atoms with Crippen LogP contribution in [0.1, 0.15) is 11.1 Å². The van der Waals surface area contributed by atoms with Crippen LogP contribution < -0.4 is 10.6 Å². The van der Waals surface area contributed by atoms with Crippen molar-refractivity contribution in [3.63, 3.8) is 0 Å². The second-order valence-electron chi connectivity index (χ2n) is 4.76. The summed E-state index contributed by atoms with van der Waals surface area (Å²) in [7, 11) is 0. The maximum Gasteiger partial charge on any atom is 0.128 e. The van der Waals surface area contributed by atoms with Gasteiger partial charge in [0.1, 0.15) is 11.6 Å². The molecule has 19 heavy (non-hydrogen) atoms. The van der Waals surface area contributed by atoms with Gasteiger partial charge in [0.2, 0.25) is 0 Å². The van der Waals surface area contributed by atoms with Crippen LogP contribution in [0.3, 0.4) is 0 Å². The van der Waals surface area contributed by atoms with E-state index in [1.165, 1.54) is 6.07 Å². The smallest absolute Gasteiger partial charge is 0.128 e. The van der Waals surface area contributed by atoms with E-state index < -0.39 is 5.82 Å². The van der Waals surface area contributed by atoms with Gasteiger partial charge in [-0.15, -0.1) is 0 Å². The highest BCUT2D eigenvalue weighted by molar-refractivity contribution is 5.74. The van der Waals surface area contributed by atoms with E-state index in [9.17, 15) is 8.78 Å². The fourth-order valence-corrected chi connectivity index (χ4v) is 2.59. The SMILES string of the molecule is Nc1cccc2c1N(Cc1cc(F)ccc1F)CC2. The lowest BCUT2D eigenvalue weighted by atomic mass is 10.1. The Hall–Kier alpha value is -2.10. The summed E-state index contributed by atoms with van der Waals surface area (Å²) in [5, 5.41) is 0. The summed E-state index contributed by atoms with van der Waals surface area (Å²) in [4.78, 5) is 2.00. The number of anilines is 2. The number of nitrogens with two attached hydrogens (primary N) is 1. The molecule has 4 heteroatoms. The molecule has 1 aliphatic heterocycles. The average Bonchev–Trinajstić information content (AvgIpc) is 2.79. The van der Waals surface area contributed by atoms with Crippen LogP contribution in [0.2, 0.25) is 0 Å². The van der Waals surface area contributed by atoms with Gasteiger partial charge in [-0.2, -0.15) is 0 Å². The van der Waals surface area contributed by atoms with E-state index in [4.69, 9.17) is 5.73 Å². The van der Waals surface area contributed by atoms with Crippen molar-refractivity contribution >= 4 is 11.4 Å². The van der Waals surface area contributed by atoms with Gasteiger partial charge in [-0.05, 0) is 36.2 Å². The highest BCUT2D eigenvalue weighted by atomic mass is 19.1. The summed E-state index contributed by atoms with van der Waals surface area (Å²) in [5.74, 6) is -0.804. The largest absolute Gasteiger partial charge is 0.397 e. The van der Waals surface area contributed by atoms with Crippen molar-refractivity contribution in [1.29, 1.82) is 0 Å². The minimum atomic E-state index is -0.420. The first-order valence-electron chi connectivity index (χ1n) is 6.21. The molecule has 0 radical (unpaired) electrons. The van der Waals surface area contributed by atoms with Crippen molar-refractivity contribution < 1.29 is 8.78 Å². The average molecular weight is 260 g/mol. The lowest BCUT2D eigenvalue weighted by Gasteiger charge is -2.21. The first-order chi connectivity index (χ1) is 9.15. The van der Waals surface area contributed by atoms with Gasteiger partial charge in [0, 0.05) is 18.7 Å². The molecule has 2 nitrogen and oxygen atoms in total. The molecule has 0 atom stereocenters. The van der Waals surface area contributed by atoms with Gasteiger partial charge in [0.15, 0.2) is 0 Å². The Labute approximate surface area is 110 Å². The van der Waals surface area contributed by atoms with Crippen molar-refractivity contribution in [2.24, 2.45) is 0 Å². The zero-order valence-electron chi connectivity index (χ0n) is 10.4. The van der Waals surface area contributed by atoms with E-state index in [1.54, 1.807) is 0 Å². The van der Waals surface area contributed by atoms with Crippen LogP contribution >= 0.6 is 0 Å². The number of nitrogens with zero attached hydrogens (tertiary/aromatic N) is 1. The predicted molar refractivity (Wildman–Crippen MR) is 72.0 cm³/mol. The number of nitrogen functional groups attached to an aromatic ring is 1. The number of hydrogen-bond donors (Lipinski definition) is 1. The quantitative estimate of drug-likeness (QED) is 0.841. The molecule has 0 aliphatic carbocycles. The van der Waals surface area contributed by atoms with Crippen molar-refractivity contribution in [2.45, 2.75) is 13.0 Å². The molecule has 98 valence electrons. The van der Waals surface area contributed by atoms with Crippen molar-refractivity contribution in [2.75, 3.05) is 17.2 Å². The van der Waals surface area contributed by atoms with E-state index in [2.05, 4.69) is 0 Å². The molecular formula is C15H14F2N2. The summed E-state index contributed by atoms with van der Waals surface area (Å²) in [6.07, 6.45) is 0.886. The molecule has 0 amide bonds. The molecule has 0 fully saturated rings. The third-order valence-corrected chi connectivity index (χ3v) is 3.49. The molecular weight excluding hydrogens is 246 g/mol. The fourth-order valence-electron chi connectivity index (χ4n) is 2.59. The van der Waals surface area contributed by atoms with Gasteiger partial charge < -0.3 is 10.6 Å². The predicted octanol–water partition coefficient (Wildman–Crippen LogP) is 3.11. The Morgan fingerprint density at radius 2 is 2.00 bits per heavy atom. The van der Waals surface area contributed by atoms with Crippen LogP contribution in [-0.2, 0) is 13.0 Å². The van der Waals surface area contributed by atoms with Crippen molar-refractivity contribution in [3.05, 3.63) is 59.2 Å². The summed E-state index contributed by atoms with van der Waals surface area (Å²) < 4.78 is 26.9. The molecule has 0 aromatic heterocycles. The first kappa shape index (κ1) is 12.0. The Morgan fingerprint density at radius 1 is 1.16 bits per heavy atom. The van der Waals surface area contributed by atoms with E-state index in [-0.39, 0.29) is 5.82 Å². The van der Waals surface area contributed by atoms with Gasteiger partial charge in [-0.25, -0.2) is 8.78 Å². The first-order valence-corrected chi connectivity index (χ1v) is 6.21. The van der Waals surface area contributed by atoms with E-state index in [1.807, 2.05) is 23.1 Å². The third kappa shape index (κ3) is 2.14. The van der Waals surface area contributed by atoms with Crippen LogP contribution in [0.15, 0.2) is 36.4 Å². The van der Waals surface area contributed by atoms with E-state index in [0.29, 0.717) is 17.8 Å². The minimum absolute atomic E-state index is 0.338. The highest BCUT2D eigenvalue weighted by Gasteiger charge is 2.22. The van der Waals surface area contributed by atoms with Crippen LogP contribution in [0.5, 0.6) is 0 Å². The lowest BCUT2D eigenvalue weighted by Crippen LogP contribution is -2.21. The number of halogens is 2. The summed E-state index contributed by atoms with van der Waals surface area (Å²) in [6, 6.07) is 9.31. The number of para-hydroxylation sites is 1. The number of rotatable bonds is 2. The molecule has 0 spiro atoms. The molecule has 2 N–H and O–H groups in total. The fraction of sp³-hybridized carbons (Fsp3) is 0.200. The van der Waals surface area contributed by atoms with Crippen LogP contribution in [-0.4, -0.2) is 6.54 Å². The molecule has 2 aromatic carbocycles.